The summed E-state index contributed by atoms with van der Waals surface area (Å²) >= 11 is 1.73. The van der Waals surface area contributed by atoms with Crippen molar-refractivity contribution < 1.29 is 9.47 Å². The highest BCUT2D eigenvalue weighted by atomic mass is 32.1. The lowest BCUT2D eigenvalue weighted by molar-refractivity contribution is 0.356. The first-order valence-corrected chi connectivity index (χ1v) is 8.74. The summed E-state index contributed by atoms with van der Waals surface area (Å²) in [6, 6.07) is 5.85. The van der Waals surface area contributed by atoms with Crippen LogP contribution < -0.4 is 9.47 Å². The summed E-state index contributed by atoms with van der Waals surface area (Å²) in [6.07, 6.45) is 5.90. The minimum atomic E-state index is 0.713. The lowest BCUT2D eigenvalue weighted by Gasteiger charge is -2.13. The molecule has 3 rings (SSSR count). The van der Waals surface area contributed by atoms with Crippen molar-refractivity contribution in [2.45, 2.75) is 26.3 Å². The van der Waals surface area contributed by atoms with Gasteiger partial charge in [0.25, 0.3) is 0 Å². The maximum absolute atomic E-state index is 5.54. The SMILES string of the molecule is COc1cccc(-c2nccn2CCCc2scnc2C)c1OC. The van der Waals surface area contributed by atoms with E-state index in [4.69, 9.17) is 9.47 Å². The number of rotatable bonds is 7. The predicted molar refractivity (Wildman–Crippen MR) is 95.9 cm³/mol. The summed E-state index contributed by atoms with van der Waals surface area (Å²) < 4.78 is 13.1. The summed E-state index contributed by atoms with van der Waals surface area (Å²) in [6.45, 7) is 2.96. The number of nitrogens with zero attached hydrogens (tertiary/aromatic N) is 3. The van der Waals surface area contributed by atoms with E-state index in [0.29, 0.717) is 11.5 Å². The van der Waals surface area contributed by atoms with Crippen molar-refractivity contribution in [2.75, 3.05) is 14.2 Å². The van der Waals surface area contributed by atoms with Crippen LogP contribution in [0.3, 0.4) is 0 Å². The molecule has 0 saturated carbocycles. The smallest absolute Gasteiger partial charge is 0.171 e. The first-order chi connectivity index (χ1) is 11.7. The van der Waals surface area contributed by atoms with Crippen LogP contribution in [0.2, 0.25) is 0 Å². The van der Waals surface area contributed by atoms with Gasteiger partial charge in [-0.05, 0) is 31.9 Å². The van der Waals surface area contributed by atoms with E-state index in [1.807, 2.05) is 36.1 Å². The molecule has 0 atom stereocenters. The minimum absolute atomic E-state index is 0.713. The highest BCUT2D eigenvalue weighted by molar-refractivity contribution is 7.09. The topological polar surface area (TPSA) is 49.2 Å². The molecule has 0 radical (unpaired) electrons. The van der Waals surface area contributed by atoms with Crippen molar-refractivity contribution >= 4 is 11.3 Å². The van der Waals surface area contributed by atoms with Crippen LogP contribution in [0, 0.1) is 6.92 Å². The van der Waals surface area contributed by atoms with E-state index in [1.54, 1.807) is 25.6 Å². The molecule has 0 unspecified atom stereocenters. The Balaban J connectivity index is 1.79. The molecule has 24 heavy (non-hydrogen) atoms. The third-order valence-electron chi connectivity index (χ3n) is 4.01. The second-order valence-corrected chi connectivity index (χ2v) is 6.39. The van der Waals surface area contributed by atoms with Crippen LogP contribution in [0.5, 0.6) is 11.5 Å². The number of imidazole rings is 1. The zero-order valence-electron chi connectivity index (χ0n) is 14.2. The number of methoxy groups -OCH3 is 2. The van der Waals surface area contributed by atoms with Crippen molar-refractivity contribution in [1.29, 1.82) is 0 Å². The Morgan fingerprint density at radius 2 is 2.04 bits per heavy atom. The van der Waals surface area contributed by atoms with Crippen LogP contribution in [-0.2, 0) is 13.0 Å². The highest BCUT2D eigenvalue weighted by Gasteiger charge is 2.15. The third-order valence-corrected chi connectivity index (χ3v) is 5.00. The molecule has 2 aromatic heterocycles. The van der Waals surface area contributed by atoms with Gasteiger partial charge in [-0.25, -0.2) is 9.97 Å². The van der Waals surface area contributed by atoms with Gasteiger partial charge in [0, 0.05) is 23.8 Å². The van der Waals surface area contributed by atoms with Gasteiger partial charge in [0.2, 0.25) is 0 Å². The molecule has 3 aromatic rings. The number of benzene rings is 1. The van der Waals surface area contributed by atoms with Crippen LogP contribution in [0.25, 0.3) is 11.4 Å². The van der Waals surface area contributed by atoms with Crippen LogP contribution in [-0.4, -0.2) is 28.8 Å². The average molecular weight is 343 g/mol. The van der Waals surface area contributed by atoms with Crippen LogP contribution >= 0.6 is 11.3 Å². The van der Waals surface area contributed by atoms with E-state index in [0.717, 1.165) is 36.5 Å². The monoisotopic (exact) mass is 343 g/mol. The third kappa shape index (κ3) is 3.28. The number of ether oxygens (including phenoxy) is 2. The van der Waals surface area contributed by atoms with E-state index in [1.165, 1.54) is 4.88 Å². The van der Waals surface area contributed by atoms with E-state index in [9.17, 15) is 0 Å². The summed E-state index contributed by atoms with van der Waals surface area (Å²) in [5.74, 6) is 2.32. The fraction of sp³-hybridized carbons (Fsp3) is 0.333. The Kier molecular flexibility index (Phi) is 5.15. The molecule has 0 saturated heterocycles. The van der Waals surface area contributed by atoms with Gasteiger partial charge < -0.3 is 14.0 Å². The fourth-order valence-electron chi connectivity index (χ4n) is 2.77. The summed E-state index contributed by atoms with van der Waals surface area (Å²) in [5, 5.41) is 0. The van der Waals surface area contributed by atoms with E-state index >= 15 is 0 Å². The lowest BCUT2D eigenvalue weighted by atomic mass is 10.1. The molecule has 0 aliphatic carbocycles. The zero-order valence-corrected chi connectivity index (χ0v) is 15.0. The van der Waals surface area contributed by atoms with E-state index in [2.05, 4.69) is 21.5 Å². The van der Waals surface area contributed by atoms with Crippen molar-refractivity contribution in [3.05, 3.63) is 46.7 Å². The molecule has 0 aliphatic heterocycles. The normalized spacial score (nSPS) is 10.8. The maximum atomic E-state index is 5.54. The second-order valence-electron chi connectivity index (χ2n) is 5.45. The number of hydrogen-bond donors (Lipinski definition) is 0. The molecular weight excluding hydrogens is 322 g/mol. The zero-order chi connectivity index (χ0) is 16.9. The Bertz CT molecular complexity index is 810. The number of hydrogen-bond acceptors (Lipinski definition) is 5. The lowest BCUT2D eigenvalue weighted by Crippen LogP contribution is -2.03. The van der Waals surface area contributed by atoms with Crippen molar-refractivity contribution in [1.82, 2.24) is 14.5 Å². The molecule has 6 heteroatoms. The summed E-state index contributed by atoms with van der Waals surface area (Å²) in [7, 11) is 3.30. The van der Waals surface area contributed by atoms with Crippen molar-refractivity contribution in [3.8, 4) is 22.9 Å². The Morgan fingerprint density at radius 3 is 2.75 bits per heavy atom. The molecular formula is C18H21N3O2S. The molecule has 1 aromatic carbocycles. The molecule has 0 N–H and O–H groups in total. The maximum Gasteiger partial charge on any atom is 0.171 e. The van der Waals surface area contributed by atoms with Gasteiger partial charge >= 0.3 is 0 Å². The molecule has 0 bridgehead atoms. The van der Waals surface area contributed by atoms with E-state index < -0.39 is 0 Å². The van der Waals surface area contributed by atoms with Crippen LogP contribution in [0.15, 0.2) is 36.1 Å². The molecule has 126 valence electrons. The van der Waals surface area contributed by atoms with Gasteiger partial charge in [-0.3, -0.25) is 0 Å². The fourth-order valence-corrected chi connectivity index (χ4v) is 3.60. The van der Waals surface area contributed by atoms with Gasteiger partial charge in [0.15, 0.2) is 11.5 Å². The van der Waals surface area contributed by atoms with Gasteiger partial charge in [-0.1, -0.05) is 6.07 Å². The predicted octanol–water partition coefficient (Wildman–Crippen LogP) is 3.97. The largest absolute Gasteiger partial charge is 0.493 e. The Labute approximate surface area is 145 Å². The van der Waals surface area contributed by atoms with Crippen molar-refractivity contribution in [2.24, 2.45) is 0 Å². The van der Waals surface area contributed by atoms with Crippen molar-refractivity contribution in [3.63, 3.8) is 0 Å². The van der Waals surface area contributed by atoms with E-state index in [-0.39, 0.29) is 0 Å². The second kappa shape index (κ2) is 7.49. The molecule has 0 fully saturated rings. The number of thiazole rings is 1. The molecule has 5 nitrogen and oxygen atoms in total. The average Bonchev–Trinajstić information content (AvgIpc) is 3.23. The molecule has 0 amide bonds. The molecule has 2 heterocycles. The van der Waals surface area contributed by atoms with Gasteiger partial charge in [-0.15, -0.1) is 11.3 Å². The number of para-hydroxylation sites is 1. The van der Waals surface area contributed by atoms with Gasteiger partial charge in [0.05, 0.1) is 31.0 Å². The molecule has 0 aliphatic rings. The summed E-state index contributed by atoms with van der Waals surface area (Å²) in [4.78, 5) is 10.2. The van der Waals surface area contributed by atoms with Crippen LogP contribution in [0.4, 0.5) is 0 Å². The minimum Gasteiger partial charge on any atom is -0.493 e. The van der Waals surface area contributed by atoms with Gasteiger partial charge in [0.1, 0.15) is 5.82 Å². The summed E-state index contributed by atoms with van der Waals surface area (Å²) in [5.41, 5.74) is 3.99. The van der Waals surface area contributed by atoms with Crippen LogP contribution in [0.1, 0.15) is 17.0 Å². The first-order valence-electron chi connectivity index (χ1n) is 7.86. The van der Waals surface area contributed by atoms with Gasteiger partial charge in [-0.2, -0.15) is 0 Å². The number of aromatic nitrogens is 3. The highest BCUT2D eigenvalue weighted by Crippen LogP contribution is 2.37. The number of aryl methyl sites for hydroxylation is 3. The standard InChI is InChI=1S/C18H21N3O2S/c1-13-16(24-12-20-13)8-5-10-21-11-9-19-18(21)14-6-4-7-15(22-2)17(14)23-3/h4,6-7,9,11-12H,5,8,10H2,1-3H3. The Morgan fingerprint density at radius 1 is 1.17 bits per heavy atom. The quantitative estimate of drug-likeness (QED) is 0.651. The molecule has 0 spiro atoms. The Hall–Kier alpha value is -2.34. The first kappa shape index (κ1) is 16.5.